The van der Waals surface area contributed by atoms with E-state index in [-0.39, 0.29) is 0 Å². The molecule has 0 amide bonds. The molecule has 0 spiro atoms. The number of nitriles is 1. The van der Waals surface area contributed by atoms with Crippen molar-refractivity contribution in [2.24, 2.45) is 5.10 Å². The molecule has 1 heterocycles. The van der Waals surface area contributed by atoms with Gasteiger partial charge in [-0.1, -0.05) is 0 Å². The standard InChI is InChI=1S/C13H10N4/c14-9-11-1-3-13(4-2-11)17-16-10-12-5-7-15-8-6-12/h1-8,10,17H/b16-10-. The number of hydrazone groups is 1. The number of hydrogen-bond acceptors (Lipinski definition) is 4. The highest BCUT2D eigenvalue weighted by Gasteiger charge is 1.90. The Morgan fingerprint density at radius 3 is 2.47 bits per heavy atom. The predicted octanol–water partition coefficient (Wildman–Crippen LogP) is 2.40. The van der Waals surface area contributed by atoms with Gasteiger partial charge in [0.05, 0.1) is 23.5 Å². The van der Waals surface area contributed by atoms with Gasteiger partial charge >= 0.3 is 0 Å². The fourth-order valence-electron chi connectivity index (χ4n) is 1.25. The van der Waals surface area contributed by atoms with Crippen LogP contribution in [0.3, 0.4) is 0 Å². The molecule has 0 aliphatic heterocycles. The van der Waals surface area contributed by atoms with E-state index in [1.807, 2.05) is 24.3 Å². The first kappa shape index (κ1) is 10.8. The van der Waals surface area contributed by atoms with Crippen LogP contribution in [0.15, 0.2) is 53.9 Å². The average Bonchev–Trinajstić information content (AvgIpc) is 2.41. The van der Waals surface area contributed by atoms with E-state index in [9.17, 15) is 0 Å². The van der Waals surface area contributed by atoms with E-state index < -0.39 is 0 Å². The van der Waals surface area contributed by atoms with Crippen molar-refractivity contribution in [3.05, 3.63) is 59.9 Å². The van der Waals surface area contributed by atoms with Crippen LogP contribution in [-0.4, -0.2) is 11.2 Å². The largest absolute Gasteiger partial charge is 0.279 e. The maximum absolute atomic E-state index is 8.65. The molecule has 0 aliphatic carbocycles. The molecule has 0 bridgehead atoms. The van der Waals surface area contributed by atoms with E-state index in [2.05, 4.69) is 21.6 Å². The molecule has 0 radical (unpaired) electrons. The minimum absolute atomic E-state index is 0.633. The molecule has 4 heteroatoms. The summed E-state index contributed by atoms with van der Waals surface area (Å²) in [6.07, 6.45) is 5.13. The lowest BCUT2D eigenvalue weighted by Gasteiger charge is -1.99. The molecule has 0 saturated heterocycles. The Morgan fingerprint density at radius 1 is 1.12 bits per heavy atom. The smallest absolute Gasteiger partial charge is 0.0991 e. The predicted molar refractivity (Wildman–Crippen MR) is 66.6 cm³/mol. The van der Waals surface area contributed by atoms with Gasteiger partial charge in [0.25, 0.3) is 0 Å². The molecule has 2 rings (SSSR count). The molecular formula is C13H10N4. The Kier molecular flexibility index (Phi) is 3.46. The zero-order valence-electron chi connectivity index (χ0n) is 9.04. The first-order chi connectivity index (χ1) is 8.38. The molecule has 1 aromatic heterocycles. The van der Waals surface area contributed by atoms with Gasteiger partial charge in [-0.25, -0.2) is 0 Å². The second-order valence-corrected chi connectivity index (χ2v) is 3.34. The zero-order valence-corrected chi connectivity index (χ0v) is 9.04. The first-order valence-electron chi connectivity index (χ1n) is 5.08. The van der Waals surface area contributed by atoms with Gasteiger partial charge < -0.3 is 0 Å². The number of aromatic nitrogens is 1. The molecule has 1 aromatic carbocycles. The molecule has 1 N–H and O–H groups in total. The van der Waals surface area contributed by atoms with Crippen LogP contribution >= 0.6 is 0 Å². The number of nitrogens with one attached hydrogen (secondary N) is 1. The van der Waals surface area contributed by atoms with E-state index in [0.717, 1.165) is 11.3 Å². The summed E-state index contributed by atoms with van der Waals surface area (Å²) in [6, 6.07) is 12.9. The monoisotopic (exact) mass is 222 g/mol. The summed E-state index contributed by atoms with van der Waals surface area (Å²) >= 11 is 0. The van der Waals surface area contributed by atoms with Crippen LogP contribution in [0.5, 0.6) is 0 Å². The number of benzene rings is 1. The van der Waals surface area contributed by atoms with Crippen LogP contribution in [0.4, 0.5) is 5.69 Å². The van der Waals surface area contributed by atoms with Crippen molar-refractivity contribution >= 4 is 11.9 Å². The topological polar surface area (TPSA) is 61.1 Å². The van der Waals surface area contributed by atoms with Crippen molar-refractivity contribution in [1.82, 2.24) is 4.98 Å². The van der Waals surface area contributed by atoms with E-state index in [1.165, 1.54) is 0 Å². The van der Waals surface area contributed by atoms with Crippen LogP contribution < -0.4 is 5.43 Å². The van der Waals surface area contributed by atoms with E-state index in [0.29, 0.717) is 5.56 Å². The summed E-state index contributed by atoms with van der Waals surface area (Å²) in [7, 11) is 0. The van der Waals surface area contributed by atoms with Gasteiger partial charge in [-0.15, -0.1) is 0 Å². The maximum atomic E-state index is 8.65. The lowest BCUT2D eigenvalue weighted by atomic mass is 10.2. The summed E-state index contributed by atoms with van der Waals surface area (Å²) in [5, 5.41) is 12.7. The highest BCUT2D eigenvalue weighted by Crippen LogP contribution is 2.08. The molecule has 0 saturated carbocycles. The Labute approximate surface area is 99.2 Å². The number of hydrogen-bond donors (Lipinski definition) is 1. The van der Waals surface area contributed by atoms with Gasteiger partial charge in [0.1, 0.15) is 0 Å². The average molecular weight is 222 g/mol. The first-order valence-corrected chi connectivity index (χ1v) is 5.08. The van der Waals surface area contributed by atoms with Crippen molar-refractivity contribution < 1.29 is 0 Å². The van der Waals surface area contributed by atoms with Crippen LogP contribution in [0.25, 0.3) is 0 Å². The lowest BCUT2D eigenvalue weighted by Crippen LogP contribution is -1.90. The van der Waals surface area contributed by atoms with E-state index in [4.69, 9.17) is 5.26 Å². The van der Waals surface area contributed by atoms with Crippen molar-refractivity contribution in [3.8, 4) is 6.07 Å². The van der Waals surface area contributed by atoms with Gasteiger partial charge in [-0.2, -0.15) is 10.4 Å². The van der Waals surface area contributed by atoms with Gasteiger partial charge in [0, 0.05) is 12.4 Å². The fraction of sp³-hybridized carbons (Fsp3) is 0. The molecule has 0 atom stereocenters. The summed E-state index contributed by atoms with van der Waals surface area (Å²) in [4.78, 5) is 3.92. The second kappa shape index (κ2) is 5.42. The van der Waals surface area contributed by atoms with Crippen LogP contribution in [-0.2, 0) is 0 Å². The Bertz CT molecular complexity index is 538. The molecule has 0 fully saturated rings. The number of pyridine rings is 1. The third-order valence-electron chi connectivity index (χ3n) is 2.13. The Hall–Kier alpha value is -2.67. The third kappa shape index (κ3) is 3.14. The van der Waals surface area contributed by atoms with Crippen molar-refractivity contribution in [2.45, 2.75) is 0 Å². The molecule has 17 heavy (non-hydrogen) atoms. The number of nitrogens with zero attached hydrogens (tertiary/aromatic N) is 3. The molecule has 82 valence electrons. The summed E-state index contributed by atoms with van der Waals surface area (Å²) < 4.78 is 0. The highest BCUT2D eigenvalue weighted by atomic mass is 15.3. The van der Waals surface area contributed by atoms with Crippen LogP contribution in [0.1, 0.15) is 11.1 Å². The van der Waals surface area contributed by atoms with Crippen molar-refractivity contribution in [3.63, 3.8) is 0 Å². The SMILES string of the molecule is N#Cc1ccc(N/N=C\c2ccncc2)cc1. The molecule has 2 aromatic rings. The van der Waals surface area contributed by atoms with Crippen molar-refractivity contribution in [1.29, 1.82) is 5.26 Å². The zero-order chi connectivity index (χ0) is 11.9. The normalized spacial score (nSPS) is 10.1. The van der Waals surface area contributed by atoms with Gasteiger partial charge in [-0.3, -0.25) is 10.4 Å². The fourth-order valence-corrected chi connectivity index (χ4v) is 1.25. The Morgan fingerprint density at radius 2 is 1.82 bits per heavy atom. The van der Waals surface area contributed by atoms with E-state index in [1.54, 1.807) is 30.7 Å². The molecule has 0 aliphatic rings. The minimum atomic E-state index is 0.633. The highest BCUT2D eigenvalue weighted by molar-refractivity contribution is 5.79. The second-order valence-electron chi connectivity index (χ2n) is 3.34. The lowest BCUT2D eigenvalue weighted by molar-refractivity contribution is 1.31. The molecule has 4 nitrogen and oxygen atoms in total. The molecule has 0 unspecified atom stereocenters. The van der Waals surface area contributed by atoms with Gasteiger partial charge in [-0.05, 0) is 42.0 Å². The Balaban J connectivity index is 1.98. The van der Waals surface area contributed by atoms with E-state index >= 15 is 0 Å². The third-order valence-corrected chi connectivity index (χ3v) is 2.13. The van der Waals surface area contributed by atoms with Gasteiger partial charge in [0.15, 0.2) is 0 Å². The van der Waals surface area contributed by atoms with Crippen LogP contribution in [0, 0.1) is 11.3 Å². The summed E-state index contributed by atoms with van der Waals surface area (Å²) in [5.41, 5.74) is 5.33. The minimum Gasteiger partial charge on any atom is -0.279 e. The number of anilines is 1. The maximum Gasteiger partial charge on any atom is 0.0991 e. The van der Waals surface area contributed by atoms with Gasteiger partial charge in [0.2, 0.25) is 0 Å². The van der Waals surface area contributed by atoms with Crippen LogP contribution in [0.2, 0.25) is 0 Å². The number of rotatable bonds is 3. The summed E-state index contributed by atoms with van der Waals surface area (Å²) in [5.74, 6) is 0. The summed E-state index contributed by atoms with van der Waals surface area (Å²) in [6.45, 7) is 0. The quantitative estimate of drug-likeness (QED) is 0.640. The van der Waals surface area contributed by atoms with Crippen molar-refractivity contribution in [2.75, 3.05) is 5.43 Å². The molecular weight excluding hydrogens is 212 g/mol.